The first-order chi connectivity index (χ1) is 5.42. The average molecular weight is 154 g/mol. The minimum atomic E-state index is 0.787. The summed E-state index contributed by atoms with van der Waals surface area (Å²) >= 11 is 0. The molecule has 2 rings (SSSR count). The van der Waals surface area contributed by atoms with Crippen molar-refractivity contribution in [3.63, 3.8) is 0 Å². The number of fused-ring (bicyclic) bond motifs is 1. The third-order valence-corrected chi connectivity index (χ3v) is 3.23. The van der Waals surface area contributed by atoms with Gasteiger partial charge in [-0.05, 0) is 32.9 Å². The van der Waals surface area contributed by atoms with Crippen LogP contribution in [0.5, 0.6) is 0 Å². The summed E-state index contributed by atoms with van der Waals surface area (Å²) in [6.07, 6.45) is 5.65. The Kier molecular flexibility index (Phi) is 2.14. The van der Waals surface area contributed by atoms with Gasteiger partial charge in [-0.3, -0.25) is 4.90 Å². The Hall–Kier alpha value is -0.0800. The molecule has 0 aromatic carbocycles. The molecule has 2 unspecified atom stereocenters. The first-order valence-corrected chi connectivity index (χ1v) is 4.83. The Morgan fingerprint density at radius 3 is 2.91 bits per heavy atom. The fourth-order valence-electron chi connectivity index (χ4n) is 2.58. The number of nitrogens with one attached hydrogen (secondary N) is 1. The molecule has 0 aliphatic carbocycles. The molecular formula is C9H18N2. The van der Waals surface area contributed by atoms with E-state index in [0.717, 1.165) is 12.1 Å². The van der Waals surface area contributed by atoms with E-state index in [1.54, 1.807) is 0 Å². The van der Waals surface area contributed by atoms with Crippen molar-refractivity contribution < 1.29 is 0 Å². The predicted molar refractivity (Wildman–Crippen MR) is 46.7 cm³/mol. The van der Waals surface area contributed by atoms with E-state index in [-0.39, 0.29) is 0 Å². The van der Waals surface area contributed by atoms with Gasteiger partial charge < -0.3 is 5.32 Å². The molecule has 2 nitrogen and oxygen atoms in total. The van der Waals surface area contributed by atoms with Gasteiger partial charge in [0.25, 0.3) is 0 Å². The predicted octanol–water partition coefficient (Wildman–Crippen LogP) is 0.833. The van der Waals surface area contributed by atoms with E-state index in [9.17, 15) is 0 Å². The van der Waals surface area contributed by atoms with Crippen LogP contribution in [0.15, 0.2) is 0 Å². The highest BCUT2D eigenvalue weighted by molar-refractivity contribution is 4.92. The van der Waals surface area contributed by atoms with Crippen molar-refractivity contribution in [1.82, 2.24) is 10.2 Å². The number of likely N-dealkylation sites (N-methyl/N-ethyl adjacent to an activating group) is 1. The van der Waals surface area contributed by atoms with Crippen LogP contribution >= 0.6 is 0 Å². The summed E-state index contributed by atoms with van der Waals surface area (Å²) in [5, 5.41) is 3.42. The van der Waals surface area contributed by atoms with Gasteiger partial charge in [0.15, 0.2) is 0 Å². The topological polar surface area (TPSA) is 15.3 Å². The number of hydrogen-bond donors (Lipinski definition) is 1. The zero-order valence-electron chi connectivity index (χ0n) is 7.34. The maximum absolute atomic E-state index is 3.42. The molecule has 0 saturated carbocycles. The van der Waals surface area contributed by atoms with Crippen LogP contribution in [-0.2, 0) is 0 Å². The molecule has 2 heteroatoms. The van der Waals surface area contributed by atoms with Crippen LogP contribution < -0.4 is 5.32 Å². The quantitative estimate of drug-likeness (QED) is 0.602. The van der Waals surface area contributed by atoms with Crippen LogP contribution in [0, 0.1) is 0 Å². The first-order valence-electron chi connectivity index (χ1n) is 4.83. The van der Waals surface area contributed by atoms with Crippen LogP contribution in [0.4, 0.5) is 0 Å². The lowest BCUT2D eigenvalue weighted by atomic mass is 9.99. The molecule has 0 spiro atoms. The molecule has 2 fully saturated rings. The number of hydrogen-bond acceptors (Lipinski definition) is 2. The van der Waals surface area contributed by atoms with Crippen molar-refractivity contribution in [2.75, 3.05) is 20.1 Å². The van der Waals surface area contributed by atoms with Gasteiger partial charge in [-0.15, -0.1) is 0 Å². The van der Waals surface area contributed by atoms with Gasteiger partial charge in [0.2, 0.25) is 0 Å². The first kappa shape index (κ1) is 7.56. The largest absolute Gasteiger partial charge is 0.315 e. The molecule has 0 radical (unpaired) electrons. The monoisotopic (exact) mass is 154 g/mol. The van der Waals surface area contributed by atoms with Gasteiger partial charge in [-0.2, -0.15) is 0 Å². The highest BCUT2D eigenvalue weighted by Gasteiger charge is 2.33. The van der Waals surface area contributed by atoms with Crippen molar-refractivity contribution >= 4 is 0 Å². The Morgan fingerprint density at radius 2 is 2.09 bits per heavy atom. The fourth-order valence-corrected chi connectivity index (χ4v) is 2.58. The van der Waals surface area contributed by atoms with Crippen molar-refractivity contribution in [2.45, 2.75) is 37.8 Å². The standard InChI is InChI=1S/C9H18N2/c1-10-8-5-7-11-6-3-2-4-9(8)11/h8-10H,2-7H2,1H3. The minimum Gasteiger partial charge on any atom is -0.315 e. The van der Waals surface area contributed by atoms with Gasteiger partial charge in [-0.1, -0.05) is 6.42 Å². The van der Waals surface area contributed by atoms with Crippen LogP contribution in [0.2, 0.25) is 0 Å². The lowest BCUT2D eigenvalue weighted by molar-refractivity contribution is 0.183. The highest BCUT2D eigenvalue weighted by Crippen LogP contribution is 2.26. The third kappa shape index (κ3) is 1.30. The van der Waals surface area contributed by atoms with Crippen LogP contribution in [0.3, 0.4) is 0 Å². The van der Waals surface area contributed by atoms with E-state index in [2.05, 4.69) is 17.3 Å². The second kappa shape index (κ2) is 3.11. The van der Waals surface area contributed by atoms with Crippen LogP contribution in [0.1, 0.15) is 25.7 Å². The van der Waals surface area contributed by atoms with Gasteiger partial charge in [0.05, 0.1) is 0 Å². The Bertz CT molecular complexity index is 130. The smallest absolute Gasteiger partial charge is 0.0249 e. The summed E-state index contributed by atoms with van der Waals surface area (Å²) in [5.74, 6) is 0. The fraction of sp³-hybridized carbons (Fsp3) is 1.00. The molecular weight excluding hydrogens is 136 g/mol. The van der Waals surface area contributed by atoms with E-state index in [1.165, 1.54) is 38.8 Å². The molecule has 0 aromatic heterocycles. The van der Waals surface area contributed by atoms with Crippen molar-refractivity contribution in [1.29, 1.82) is 0 Å². The minimum absolute atomic E-state index is 0.787. The summed E-state index contributed by atoms with van der Waals surface area (Å²) in [7, 11) is 2.10. The van der Waals surface area contributed by atoms with Gasteiger partial charge >= 0.3 is 0 Å². The molecule has 1 N–H and O–H groups in total. The second-order valence-electron chi connectivity index (χ2n) is 3.78. The van der Waals surface area contributed by atoms with Crippen LogP contribution in [0.25, 0.3) is 0 Å². The number of piperidine rings is 1. The van der Waals surface area contributed by atoms with E-state index in [0.29, 0.717) is 0 Å². The summed E-state index contributed by atoms with van der Waals surface area (Å²) in [4.78, 5) is 2.66. The van der Waals surface area contributed by atoms with Gasteiger partial charge in [0, 0.05) is 18.6 Å². The molecule has 2 aliphatic heterocycles. The van der Waals surface area contributed by atoms with Crippen molar-refractivity contribution in [2.24, 2.45) is 0 Å². The third-order valence-electron chi connectivity index (χ3n) is 3.23. The van der Waals surface area contributed by atoms with Gasteiger partial charge in [0.1, 0.15) is 0 Å². The Labute approximate surface area is 69.0 Å². The lowest BCUT2D eigenvalue weighted by Gasteiger charge is -2.32. The molecule has 0 bridgehead atoms. The van der Waals surface area contributed by atoms with Gasteiger partial charge in [-0.25, -0.2) is 0 Å². The molecule has 0 aromatic rings. The molecule has 2 heterocycles. The molecule has 64 valence electrons. The SMILES string of the molecule is CNC1CCN2CCCCC12. The van der Waals surface area contributed by atoms with E-state index >= 15 is 0 Å². The Balaban J connectivity index is 1.98. The molecule has 2 aliphatic rings. The van der Waals surface area contributed by atoms with Crippen LogP contribution in [-0.4, -0.2) is 37.1 Å². The number of nitrogens with zero attached hydrogens (tertiary/aromatic N) is 1. The van der Waals surface area contributed by atoms with E-state index in [4.69, 9.17) is 0 Å². The second-order valence-corrected chi connectivity index (χ2v) is 3.78. The summed E-state index contributed by atoms with van der Waals surface area (Å²) in [5.41, 5.74) is 0. The van der Waals surface area contributed by atoms with Crippen molar-refractivity contribution in [3.05, 3.63) is 0 Å². The summed E-state index contributed by atoms with van der Waals surface area (Å²) < 4.78 is 0. The van der Waals surface area contributed by atoms with E-state index in [1.807, 2.05) is 0 Å². The molecule has 11 heavy (non-hydrogen) atoms. The zero-order chi connectivity index (χ0) is 7.68. The normalized spacial score (nSPS) is 39.0. The zero-order valence-corrected chi connectivity index (χ0v) is 7.34. The van der Waals surface area contributed by atoms with E-state index < -0.39 is 0 Å². The highest BCUT2D eigenvalue weighted by atomic mass is 15.2. The average Bonchev–Trinajstić information content (AvgIpc) is 2.47. The molecule has 0 amide bonds. The maximum Gasteiger partial charge on any atom is 0.0249 e. The summed E-state index contributed by atoms with van der Waals surface area (Å²) in [6, 6.07) is 1.66. The molecule has 2 saturated heterocycles. The Morgan fingerprint density at radius 1 is 1.18 bits per heavy atom. The number of rotatable bonds is 1. The van der Waals surface area contributed by atoms with Crippen molar-refractivity contribution in [3.8, 4) is 0 Å². The molecule has 2 atom stereocenters. The summed E-state index contributed by atoms with van der Waals surface area (Å²) in [6.45, 7) is 2.68. The maximum atomic E-state index is 3.42. The lowest BCUT2D eigenvalue weighted by Crippen LogP contribution is -2.43.